The fourth-order valence-electron chi connectivity index (χ4n) is 3.56. The van der Waals surface area contributed by atoms with Crippen molar-refractivity contribution in [1.29, 1.82) is 0 Å². The van der Waals surface area contributed by atoms with Crippen molar-refractivity contribution >= 4 is 23.2 Å². The molecule has 2 aliphatic heterocycles. The third kappa shape index (κ3) is 3.07. The highest BCUT2D eigenvalue weighted by Gasteiger charge is 2.26. The maximum Gasteiger partial charge on any atom is 0.320 e. The highest BCUT2D eigenvalue weighted by molar-refractivity contribution is 6.31. The van der Waals surface area contributed by atoms with Crippen molar-refractivity contribution in [2.24, 2.45) is 0 Å². The summed E-state index contributed by atoms with van der Waals surface area (Å²) in [6.45, 7) is 5.06. The van der Waals surface area contributed by atoms with Gasteiger partial charge in [-0.15, -0.1) is 5.10 Å². The Labute approximate surface area is 157 Å². The standard InChI is InChI=1S/C18H21ClN6O/c1-13-16(21-22-25(13)15-5-4-8-20-17(15)19)14-6-11-24(12-7-14)18(26)23-9-2-3-10-23/h4-6,8H,2-3,7,9-12H2,1H3. The lowest BCUT2D eigenvalue weighted by atomic mass is 10.0. The first-order valence-corrected chi connectivity index (χ1v) is 9.29. The van der Waals surface area contributed by atoms with Gasteiger partial charge in [0.25, 0.3) is 0 Å². The number of likely N-dealkylation sites (tertiary alicyclic amines) is 1. The second kappa shape index (κ2) is 7.07. The van der Waals surface area contributed by atoms with Crippen molar-refractivity contribution < 1.29 is 4.79 Å². The minimum atomic E-state index is 0.153. The van der Waals surface area contributed by atoms with Gasteiger partial charge in [-0.2, -0.15) is 0 Å². The Bertz CT molecular complexity index is 855. The van der Waals surface area contributed by atoms with E-state index in [9.17, 15) is 4.79 Å². The monoisotopic (exact) mass is 372 g/mol. The van der Waals surface area contributed by atoms with Gasteiger partial charge in [0.2, 0.25) is 0 Å². The number of halogens is 1. The zero-order valence-corrected chi connectivity index (χ0v) is 15.5. The van der Waals surface area contributed by atoms with Crippen LogP contribution in [-0.2, 0) is 0 Å². The number of amides is 2. The Morgan fingerprint density at radius 2 is 2.00 bits per heavy atom. The fraction of sp³-hybridized carbons (Fsp3) is 0.444. The fourth-order valence-corrected chi connectivity index (χ4v) is 3.76. The number of aromatic nitrogens is 4. The first kappa shape index (κ1) is 17.0. The first-order chi connectivity index (χ1) is 12.6. The van der Waals surface area contributed by atoms with Crippen molar-refractivity contribution in [3.8, 4) is 5.69 Å². The van der Waals surface area contributed by atoms with E-state index in [1.54, 1.807) is 10.9 Å². The van der Waals surface area contributed by atoms with Gasteiger partial charge < -0.3 is 9.80 Å². The molecule has 26 heavy (non-hydrogen) atoms. The van der Waals surface area contributed by atoms with Crippen molar-refractivity contribution in [2.45, 2.75) is 26.2 Å². The van der Waals surface area contributed by atoms with Gasteiger partial charge in [-0.25, -0.2) is 14.5 Å². The van der Waals surface area contributed by atoms with Gasteiger partial charge in [-0.05, 0) is 43.9 Å². The second-order valence-electron chi connectivity index (χ2n) is 6.65. The molecule has 0 N–H and O–H groups in total. The van der Waals surface area contributed by atoms with E-state index >= 15 is 0 Å². The number of carbonyl (C=O) groups excluding carboxylic acids is 1. The molecule has 2 aromatic rings. The van der Waals surface area contributed by atoms with E-state index in [-0.39, 0.29) is 6.03 Å². The molecule has 136 valence electrons. The molecule has 4 rings (SSSR count). The quantitative estimate of drug-likeness (QED) is 0.760. The summed E-state index contributed by atoms with van der Waals surface area (Å²) in [6.07, 6.45) is 6.73. The summed E-state index contributed by atoms with van der Waals surface area (Å²) in [5.74, 6) is 0. The lowest BCUT2D eigenvalue weighted by Gasteiger charge is -2.30. The van der Waals surface area contributed by atoms with Crippen LogP contribution in [0.25, 0.3) is 11.3 Å². The Morgan fingerprint density at radius 1 is 1.19 bits per heavy atom. The molecule has 7 nitrogen and oxygen atoms in total. The van der Waals surface area contributed by atoms with Crippen LogP contribution in [0, 0.1) is 6.92 Å². The van der Waals surface area contributed by atoms with Crippen LogP contribution in [-0.4, -0.2) is 62.0 Å². The molecule has 1 saturated heterocycles. The summed E-state index contributed by atoms with van der Waals surface area (Å²) in [4.78, 5) is 20.5. The van der Waals surface area contributed by atoms with Gasteiger partial charge in [0.1, 0.15) is 11.4 Å². The van der Waals surface area contributed by atoms with Crippen molar-refractivity contribution in [3.63, 3.8) is 0 Å². The van der Waals surface area contributed by atoms with Crippen LogP contribution in [0.4, 0.5) is 4.79 Å². The molecule has 8 heteroatoms. The molecule has 4 heterocycles. The summed E-state index contributed by atoms with van der Waals surface area (Å²) in [7, 11) is 0. The lowest BCUT2D eigenvalue weighted by Crippen LogP contribution is -2.43. The van der Waals surface area contributed by atoms with Gasteiger partial charge in [-0.3, -0.25) is 0 Å². The summed E-state index contributed by atoms with van der Waals surface area (Å²) in [5, 5.41) is 9.00. The molecule has 0 unspecified atom stereocenters. The van der Waals surface area contributed by atoms with Crippen molar-refractivity contribution in [3.05, 3.63) is 40.9 Å². The number of carbonyl (C=O) groups is 1. The third-order valence-electron chi connectivity index (χ3n) is 5.02. The summed E-state index contributed by atoms with van der Waals surface area (Å²) in [5.41, 5.74) is 3.62. The average Bonchev–Trinajstić information content (AvgIpc) is 3.32. The van der Waals surface area contributed by atoms with Crippen molar-refractivity contribution in [2.75, 3.05) is 26.2 Å². The molecule has 0 saturated carbocycles. The molecule has 0 aromatic carbocycles. The van der Waals surface area contributed by atoms with Crippen LogP contribution < -0.4 is 0 Å². The van der Waals surface area contributed by atoms with Gasteiger partial charge in [-0.1, -0.05) is 22.9 Å². The SMILES string of the molecule is Cc1c(C2=CCN(C(=O)N3CCCC3)CC2)nnn1-c1cccnc1Cl. The van der Waals surface area contributed by atoms with Gasteiger partial charge in [0.05, 0.1) is 5.69 Å². The van der Waals surface area contributed by atoms with E-state index in [1.165, 1.54) is 0 Å². The molecule has 0 aliphatic carbocycles. The highest BCUT2D eigenvalue weighted by Crippen LogP contribution is 2.26. The molecule has 2 aliphatic rings. The first-order valence-electron chi connectivity index (χ1n) is 8.91. The smallest absolute Gasteiger partial charge is 0.320 e. The van der Waals surface area contributed by atoms with E-state index < -0.39 is 0 Å². The minimum Gasteiger partial charge on any atom is -0.325 e. The van der Waals surface area contributed by atoms with Crippen LogP contribution in [0.1, 0.15) is 30.7 Å². The topological polar surface area (TPSA) is 67.2 Å². The Balaban J connectivity index is 1.52. The van der Waals surface area contributed by atoms with Crippen LogP contribution in [0.2, 0.25) is 5.15 Å². The predicted molar refractivity (Wildman–Crippen MR) is 99.3 cm³/mol. The normalized spacial score (nSPS) is 17.5. The van der Waals surface area contributed by atoms with E-state index in [4.69, 9.17) is 11.6 Å². The van der Waals surface area contributed by atoms with Crippen LogP contribution in [0.5, 0.6) is 0 Å². The molecule has 2 aromatic heterocycles. The molecule has 0 bridgehead atoms. The zero-order valence-electron chi connectivity index (χ0n) is 14.7. The number of rotatable bonds is 2. The highest BCUT2D eigenvalue weighted by atomic mass is 35.5. The molecule has 1 fully saturated rings. The summed E-state index contributed by atoms with van der Waals surface area (Å²) >= 11 is 6.18. The van der Waals surface area contributed by atoms with E-state index in [0.29, 0.717) is 23.9 Å². The van der Waals surface area contributed by atoms with E-state index in [2.05, 4.69) is 21.4 Å². The van der Waals surface area contributed by atoms with Crippen molar-refractivity contribution in [1.82, 2.24) is 29.8 Å². The van der Waals surface area contributed by atoms with Gasteiger partial charge in [0.15, 0.2) is 5.15 Å². The van der Waals surface area contributed by atoms with E-state index in [1.807, 2.05) is 28.9 Å². The Kier molecular flexibility index (Phi) is 4.63. The number of nitrogens with zero attached hydrogens (tertiary/aromatic N) is 6. The largest absolute Gasteiger partial charge is 0.325 e. The Morgan fingerprint density at radius 3 is 2.69 bits per heavy atom. The van der Waals surface area contributed by atoms with Crippen LogP contribution in [0.15, 0.2) is 24.4 Å². The Hall–Kier alpha value is -2.41. The molecular formula is C18H21ClN6O. The summed E-state index contributed by atoms with van der Waals surface area (Å²) < 4.78 is 1.72. The van der Waals surface area contributed by atoms with Gasteiger partial charge in [0, 0.05) is 32.4 Å². The number of hydrogen-bond donors (Lipinski definition) is 0. The molecule has 0 spiro atoms. The van der Waals surface area contributed by atoms with E-state index in [0.717, 1.165) is 49.3 Å². The number of hydrogen-bond acceptors (Lipinski definition) is 4. The lowest BCUT2D eigenvalue weighted by molar-refractivity contribution is 0.167. The molecule has 2 amide bonds. The minimum absolute atomic E-state index is 0.153. The maximum atomic E-state index is 12.5. The van der Waals surface area contributed by atoms with Crippen LogP contribution in [0.3, 0.4) is 0 Å². The maximum absolute atomic E-state index is 12.5. The number of urea groups is 1. The second-order valence-corrected chi connectivity index (χ2v) is 7.01. The van der Waals surface area contributed by atoms with Crippen LogP contribution >= 0.6 is 11.6 Å². The summed E-state index contributed by atoms with van der Waals surface area (Å²) in [6, 6.07) is 3.84. The zero-order chi connectivity index (χ0) is 18.1. The third-order valence-corrected chi connectivity index (χ3v) is 5.31. The number of pyridine rings is 1. The molecular weight excluding hydrogens is 352 g/mol. The van der Waals surface area contributed by atoms with Gasteiger partial charge >= 0.3 is 6.03 Å². The molecule has 0 radical (unpaired) electrons. The molecule has 0 atom stereocenters. The predicted octanol–water partition coefficient (Wildman–Crippen LogP) is 2.93. The average molecular weight is 373 g/mol.